The average Bonchev–Trinajstić information content (AvgIpc) is 2.80. The molecule has 0 radical (unpaired) electrons. The lowest BCUT2D eigenvalue weighted by molar-refractivity contribution is 1.28. The van der Waals surface area contributed by atoms with E-state index in [2.05, 4.69) is 114 Å². The highest BCUT2D eigenvalue weighted by Crippen LogP contribution is 2.30. The van der Waals surface area contributed by atoms with Crippen molar-refractivity contribution in [3.63, 3.8) is 0 Å². The highest BCUT2D eigenvalue weighted by Gasteiger charge is 2.17. The van der Waals surface area contributed by atoms with Gasteiger partial charge >= 0.3 is 0 Å². The lowest BCUT2D eigenvalue weighted by atomic mass is 9.97. The van der Waals surface area contributed by atoms with Crippen LogP contribution < -0.4 is 0 Å². The van der Waals surface area contributed by atoms with Gasteiger partial charge in [0.05, 0.1) is 22.8 Å². The van der Waals surface area contributed by atoms with Gasteiger partial charge < -0.3 is 0 Å². The van der Waals surface area contributed by atoms with Gasteiger partial charge in [0.25, 0.3) is 0 Å². The molecule has 0 saturated heterocycles. The summed E-state index contributed by atoms with van der Waals surface area (Å²) in [5.74, 6) is 0. The second kappa shape index (κ2) is 10.0. The smallest absolute Gasteiger partial charge is 0.0972 e. The summed E-state index contributed by atoms with van der Waals surface area (Å²) in [6.07, 6.45) is 0. The van der Waals surface area contributed by atoms with Crippen LogP contribution in [-0.4, -0.2) is 11.4 Å². The minimum Gasteiger partial charge on any atom is -0.246 e. The van der Waals surface area contributed by atoms with Gasteiger partial charge in [0, 0.05) is 11.1 Å². The molecule has 34 heavy (non-hydrogen) atoms. The van der Waals surface area contributed by atoms with E-state index in [9.17, 15) is 0 Å². The molecule has 0 aliphatic rings. The Morgan fingerprint density at radius 1 is 0.441 bits per heavy atom. The summed E-state index contributed by atoms with van der Waals surface area (Å²) in [4.78, 5) is 10.6. The quantitative estimate of drug-likeness (QED) is 0.276. The molecule has 0 atom stereocenters. The molecule has 0 aromatic heterocycles. The third kappa shape index (κ3) is 5.07. The highest BCUT2D eigenvalue weighted by molar-refractivity contribution is 6.54. The first-order valence-electron chi connectivity index (χ1n) is 11.8. The van der Waals surface area contributed by atoms with Crippen molar-refractivity contribution < 1.29 is 0 Å². The molecule has 0 saturated carbocycles. The third-order valence-electron chi connectivity index (χ3n) is 6.04. The average molecular weight is 445 g/mol. The maximum absolute atomic E-state index is 5.30. The lowest BCUT2D eigenvalue weighted by Crippen LogP contribution is -2.17. The standard InChI is InChI=1S/C32H32N2/c1-21-17-23(3)29(24(4)18-21)33-31(27-13-9-7-10-14-27)32(28-15-11-8-12-16-28)34-30-25(5)19-22(2)20-26(30)6/h7-20H,1-6H3. The van der Waals surface area contributed by atoms with Gasteiger partial charge in [-0.2, -0.15) is 0 Å². The maximum atomic E-state index is 5.30. The maximum Gasteiger partial charge on any atom is 0.0972 e. The van der Waals surface area contributed by atoms with E-state index in [0.717, 1.165) is 33.9 Å². The van der Waals surface area contributed by atoms with Gasteiger partial charge in [-0.05, 0) is 63.8 Å². The predicted molar refractivity (Wildman–Crippen MR) is 147 cm³/mol. The third-order valence-corrected chi connectivity index (χ3v) is 6.04. The van der Waals surface area contributed by atoms with Crippen molar-refractivity contribution >= 4 is 22.8 Å². The van der Waals surface area contributed by atoms with E-state index < -0.39 is 0 Å². The van der Waals surface area contributed by atoms with Crippen molar-refractivity contribution in [1.82, 2.24) is 0 Å². The molecule has 0 amide bonds. The number of hydrogen-bond donors (Lipinski definition) is 0. The second-order valence-corrected chi connectivity index (χ2v) is 9.15. The Kier molecular flexibility index (Phi) is 6.88. The van der Waals surface area contributed by atoms with Crippen molar-refractivity contribution in [1.29, 1.82) is 0 Å². The highest BCUT2D eigenvalue weighted by atomic mass is 14.8. The Bertz CT molecular complexity index is 1220. The molecule has 4 aromatic rings. The summed E-state index contributed by atoms with van der Waals surface area (Å²) in [6.45, 7) is 12.8. The van der Waals surface area contributed by atoms with Crippen LogP contribution in [0.15, 0.2) is 94.9 Å². The fourth-order valence-electron chi connectivity index (χ4n) is 4.62. The van der Waals surface area contributed by atoms with E-state index in [1.54, 1.807) is 0 Å². The number of benzene rings is 4. The molecule has 0 N–H and O–H groups in total. The molecule has 0 aliphatic heterocycles. The number of aryl methyl sites for hydroxylation is 6. The van der Waals surface area contributed by atoms with Gasteiger partial charge in [-0.15, -0.1) is 0 Å². The van der Waals surface area contributed by atoms with E-state index in [1.807, 2.05) is 12.1 Å². The predicted octanol–water partition coefficient (Wildman–Crippen LogP) is 8.48. The molecule has 0 fully saturated rings. The van der Waals surface area contributed by atoms with Crippen LogP contribution >= 0.6 is 0 Å². The number of rotatable bonds is 5. The Hall–Kier alpha value is -3.78. The monoisotopic (exact) mass is 444 g/mol. The minimum absolute atomic E-state index is 0.876. The molecular weight excluding hydrogens is 412 g/mol. The first kappa shape index (κ1) is 23.4. The van der Waals surface area contributed by atoms with Crippen molar-refractivity contribution in [3.05, 3.63) is 129 Å². The summed E-state index contributed by atoms with van der Waals surface area (Å²) in [5.41, 5.74) is 13.0. The zero-order valence-electron chi connectivity index (χ0n) is 21.0. The van der Waals surface area contributed by atoms with E-state index in [0.29, 0.717) is 0 Å². The summed E-state index contributed by atoms with van der Waals surface area (Å²) in [5, 5.41) is 0. The van der Waals surface area contributed by atoms with Crippen LogP contribution in [0.2, 0.25) is 0 Å². The van der Waals surface area contributed by atoms with Crippen molar-refractivity contribution in [2.75, 3.05) is 0 Å². The molecule has 2 heteroatoms. The fraction of sp³-hybridized carbons (Fsp3) is 0.188. The number of aliphatic imine (C=N–C) groups is 2. The Labute approximate surface area is 203 Å². The van der Waals surface area contributed by atoms with Crippen molar-refractivity contribution in [2.24, 2.45) is 9.98 Å². The molecule has 0 unspecified atom stereocenters. The van der Waals surface area contributed by atoms with Crippen LogP contribution in [0, 0.1) is 41.5 Å². The summed E-state index contributed by atoms with van der Waals surface area (Å²) < 4.78 is 0. The number of hydrogen-bond acceptors (Lipinski definition) is 2. The molecule has 170 valence electrons. The summed E-state index contributed by atoms with van der Waals surface area (Å²) in [6, 6.07) is 29.6. The van der Waals surface area contributed by atoms with Crippen molar-refractivity contribution in [2.45, 2.75) is 41.5 Å². The van der Waals surface area contributed by atoms with Crippen LogP contribution in [0.5, 0.6) is 0 Å². The molecule has 0 heterocycles. The molecule has 0 bridgehead atoms. The molecular formula is C32H32N2. The van der Waals surface area contributed by atoms with E-state index >= 15 is 0 Å². The van der Waals surface area contributed by atoms with Crippen LogP contribution in [0.1, 0.15) is 44.5 Å². The molecule has 4 aromatic carbocycles. The van der Waals surface area contributed by atoms with E-state index in [1.165, 1.54) is 33.4 Å². The zero-order chi connectivity index (χ0) is 24.2. The lowest BCUT2D eigenvalue weighted by Gasteiger charge is -2.16. The molecule has 0 aliphatic carbocycles. The summed E-state index contributed by atoms with van der Waals surface area (Å²) >= 11 is 0. The van der Waals surface area contributed by atoms with Gasteiger partial charge in [-0.25, -0.2) is 9.98 Å². The molecule has 2 nitrogen and oxygen atoms in total. The Morgan fingerprint density at radius 2 is 0.735 bits per heavy atom. The van der Waals surface area contributed by atoms with Gasteiger partial charge in [0.15, 0.2) is 0 Å². The first-order chi connectivity index (χ1) is 16.3. The minimum atomic E-state index is 0.876. The van der Waals surface area contributed by atoms with Gasteiger partial charge in [0.2, 0.25) is 0 Å². The fourth-order valence-corrected chi connectivity index (χ4v) is 4.62. The Balaban J connectivity index is 2.05. The molecule has 4 rings (SSSR count). The topological polar surface area (TPSA) is 24.7 Å². The number of nitrogens with zero attached hydrogens (tertiary/aromatic N) is 2. The largest absolute Gasteiger partial charge is 0.246 e. The van der Waals surface area contributed by atoms with Gasteiger partial charge in [-0.1, -0.05) is 96.1 Å². The van der Waals surface area contributed by atoms with Gasteiger partial charge in [0.1, 0.15) is 0 Å². The Morgan fingerprint density at radius 3 is 1.03 bits per heavy atom. The van der Waals surface area contributed by atoms with Gasteiger partial charge in [-0.3, -0.25) is 0 Å². The summed E-state index contributed by atoms with van der Waals surface area (Å²) in [7, 11) is 0. The second-order valence-electron chi connectivity index (χ2n) is 9.15. The first-order valence-corrected chi connectivity index (χ1v) is 11.8. The van der Waals surface area contributed by atoms with Crippen molar-refractivity contribution in [3.8, 4) is 0 Å². The zero-order valence-corrected chi connectivity index (χ0v) is 21.0. The normalized spacial score (nSPS) is 12.2. The van der Waals surface area contributed by atoms with Crippen LogP contribution in [-0.2, 0) is 0 Å². The van der Waals surface area contributed by atoms with Crippen LogP contribution in [0.4, 0.5) is 11.4 Å². The van der Waals surface area contributed by atoms with E-state index in [-0.39, 0.29) is 0 Å². The van der Waals surface area contributed by atoms with Crippen LogP contribution in [0.3, 0.4) is 0 Å². The molecule has 0 spiro atoms. The van der Waals surface area contributed by atoms with Crippen LogP contribution in [0.25, 0.3) is 0 Å². The SMILES string of the molecule is Cc1cc(C)c(N=C(C(=Nc2c(C)cc(C)cc2C)c2ccccc2)c2ccccc2)c(C)c1. The van der Waals surface area contributed by atoms with E-state index in [4.69, 9.17) is 9.98 Å².